The zero-order valence-electron chi connectivity index (χ0n) is 15.6. The van der Waals surface area contributed by atoms with Gasteiger partial charge in [-0.05, 0) is 68.3 Å². The van der Waals surface area contributed by atoms with Gasteiger partial charge >= 0.3 is 0 Å². The lowest BCUT2D eigenvalue weighted by Crippen LogP contribution is -2.59. The van der Waals surface area contributed by atoms with Crippen LogP contribution in [0.4, 0.5) is 0 Å². The second-order valence-corrected chi connectivity index (χ2v) is 9.73. The summed E-state index contributed by atoms with van der Waals surface area (Å²) in [6.07, 6.45) is 9.29. The van der Waals surface area contributed by atoms with Crippen LogP contribution in [0.3, 0.4) is 0 Å². The second-order valence-electron chi connectivity index (χ2n) is 9.73. The Morgan fingerprint density at radius 2 is 1.92 bits per heavy atom. The molecule has 4 aliphatic carbocycles. The van der Waals surface area contributed by atoms with Crippen LogP contribution in [0, 0.1) is 22.2 Å². The van der Waals surface area contributed by atoms with Crippen molar-refractivity contribution in [2.75, 3.05) is 7.05 Å². The highest BCUT2D eigenvalue weighted by Gasteiger charge is 2.63. The van der Waals surface area contributed by atoms with E-state index in [1.54, 1.807) is 0 Å². The van der Waals surface area contributed by atoms with Gasteiger partial charge in [0.1, 0.15) is 0 Å². The largest absolute Gasteiger partial charge is 0.339 e. The highest BCUT2D eigenvalue weighted by Crippen LogP contribution is 2.69. The molecule has 4 nitrogen and oxygen atoms in total. The van der Waals surface area contributed by atoms with Crippen LogP contribution in [0.25, 0.3) is 0 Å². The summed E-state index contributed by atoms with van der Waals surface area (Å²) >= 11 is 0. The minimum absolute atomic E-state index is 0.106. The van der Waals surface area contributed by atoms with E-state index in [2.05, 4.69) is 25.9 Å². The molecule has 1 amide bonds. The molecule has 0 saturated heterocycles. The Hall–Kier alpha value is -1.32. The van der Waals surface area contributed by atoms with Gasteiger partial charge in [0.2, 0.25) is 5.91 Å². The fraction of sp³-hybridized carbons (Fsp3) is 0.800. The molecule has 132 valence electrons. The summed E-state index contributed by atoms with van der Waals surface area (Å²) < 4.78 is 1.93. The number of nitrogens with zero attached hydrogens (tertiary/aromatic N) is 3. The zero-order valence-corrected chi connectivity index (χ0v) is 15.6. The van der Waals surface area contributed by atoms with Gasteiger partial charge in [-0.3, -0.25) is 9.48 Å². The highest BCUT2D eigenvalue weighted by molar-refractivity contribution is 5.83. The van der Waals surface area contributed by atoms with Crippen LogP contribution >= 0.6 is 0 Å². The third-order valence-electron chi connectivity index (χ3n) is 6.85. The number of carbonyl (C=O) groups is 1. The fourth-order valence-electron chi connectivity index (χ4n) is 7.07. The molecule has 24 heavy (non-hydrogen) atoms. The normalized spacial score (nSPS) is 40.1. The van der Waals surface area contributed by atoms with E-state index in [-0.39, 0.29) is 5.41 Å². The minimum Gasteiger partial charge on any atom is -0.339 e. The van der Waals surface area contributed by atoms with E-state index in [9.17, 15) is 4.79 Å². The van der Waals surface area contributed by atoms with E-state index in [1.165, 1.54) is 19.3 Å². The summed E-state index contributed by atoms with van der Waals surface area (Å²) in [5.74, 6) is 1.13. The Kier molecular flexibility index (Phi) is 3.43. The molecule has 1 aromatic heterocycles. The van der Waals surface area contributed by atoms with E-state index in [0.717, 1.165) is 37.4 Å². The molecule has 4 atom stereocenters. The highest BCUT2D eigenvalue weighted by atomic mass is 16.2. The van der Waals surface area contributed by atoms with Crippen molar-refractivity contribution in [2.24, 2.45) is 22.2 Å². The van der Waals surface area contributed by atoms with Gasteiger partial charge < -0.3 is 4.90 Å². The molecule has 1 aromatic rings. The number of rotatable bonds is 4. The molecule has 0 spiro atoms. The lowest BCUT2D eigenvalue weighted by Gasteiger charge is -2.65. The van der Waals surface area contributed by atoms with Crippen molar-refractivity contribution in [3.63, 3.8) is 0 Å². The maximum absolute atomic E-state index is 13.5. The molecular formula is C20H31N3O. The van der Waals surface area contributed by atoms with Crippen molar-refractivity contribution in [3.8, 4) is 0 Å². The quantitative estimate of drug-likeness (QED) is 0.841. The van der Waals surface area contributed by atoms with Crippen molar-refractivity contribution in [1.29, 1.82) is 0 Å². The summed E-state index contributed by atoms with van der Waals surface area (Å²) in [6, 6.07) is 2.04. The molecule has 0 aromatic carbocycles. The van der Waals surface area contributed by atoms with E-state index in [0.29, 0.717) is 23.3 Å². The van der Waals surface area contributed by atoms with Gasteiger partial charge in [0.15, 0.2) is 0 Å². The molecule has 5 rings (SSSR count). The van der Waals surface area contributed by atoms with Crippen LogP contribution in [0.2, 0.25) is 0 Å². The number of amides is 1. The molecule has 4 saturated carbocycles. The predicted molar refractivity (Wildman–Crippen MR) is 94.2 cm³/mol. The lowest BCUT2D eigenvalue weighted by atomic mass is 9.40. The molecule has 1 heterocycles. The number of hydrogen-bond acceptors (Lipinski definition) is 2. The predicted octanol–water partition coefficient (Wildman–Crippen LogP) is 3.86. The maximum atomic E-state index is 13.5. The van der Waals surface area contributed by atoms with Gasteiger partial charge in [-0.2, -0.15) is 5.10 Å². The number of aromatic nitrogens is 2. The molecule has 4 fully saturated rings. The molecule has 2 unspecified atom stereocenters. The minimum atomic E-state index is -0.106. The van der Waals surface area contributed by atoms with E-state index in [4.69, 9.17) is 0 Å². The Labute approximate surface area is 145 Å². The molecule has 0 N–H and O–H groups in total. The van der Waals surface area contributed by atoms with E-state index >= 15 is 0 Å². The van der Waals surface area contributed by atoms with Crippen molar-refractivity contribution < 1.29 is 4.79 Å². The maximum Gasteiger partial charge on any atom is 0.228 e. The van der Waals surface area contributed by atoms with Crippen LogP contribution < -0.4 is 0 Å². The average molecular weight is 329 g/mol. The van der Waals surface area contributed by atoms with Gasteiger partial charge in [-0.1, -0.05) is 13.8 Å². The summed E-state index contributed by atoms with van der Waals surface area (Å²) in [5.41, 5.74) is 1.66. The summed E-state index contributed by atoms with van der Waals surface area (Å²) in [4.78, 5) is 15.4. The van der Waals surface area contributed by atoms with Gasteiger partial charge in [0.25, 0.3) is 0 Å². The number of aryl methyl sites for hydroxylation is 1. The van der Waals surface area contributed by atoms with Gasteiger partial charge in [-0.15, -0.1) is 0 Å². The first-order chi connectivity index (χ1) is 11.2. The van der Waals surface area contributed by atoms with Crippen molar-refractivity contribution in [1.82, 2.24) is 14.7 Å². The first-order valence-electron chi connectivity index (χ1n) is 9.53. The third-order valence-corrected chi connectivity index (χ3v) is 6.85. The SMILES string of the molecule is CCn1ccc(CN(C)C(=O)C23CC4C[C@@](C)(C2)C[C@](C)(C4)C3)n1. The third kappa shape index (κ3) is 2.49. The summed E-state index contributed by atoms with van der Waals surface area (Å²) in [6.45, 7) is 8.45. The van der Waals surface area contributed by atoms with Gasteiger partial charge in [-0.25, -0.2) is 0 Å². The monoisotopic (exact) mass is 329 g/mol. The average Bonchev–Trinajstić information content (AvgIpc) is 2.90. The Balaban J connectivity index is 1.55. The standard InChI is InChI=1S/C20H31N3O/c1-5-23-7-6-16(21-23)11-22(4)17(24)20-10-15-8-18(2,13-20)12-19(3,9-15)14-20/h6-7,15H,5,8-14H2,1-4H3/t15?,18-,19+,20?. The Bertz CT molecular complexity index is 646. The molecule has 4 bridgehead atoms. The van der Waals surface area contributed by atoms with Crippen LogP contribution in [-0.4, -0.2) is 27.6 Å². The van der Waals surface area contributed by atoms with Gasteiger partial charge in [0.05, 0.1) is 17.7 Å². The zero-order chi connectivity index (χ0) is 17.2. The van der Waals surface area contributed by atoms with Gasteiger partial charge in [0, 0.05) is 19.8 Å². The topological polar surface area (TPSA) is 38.1 Å². The lowest BCUT2D eigenvalue weighted by molar-refractivity contribution is -0.178. The first-order valence-corrected chi connectivity index (χ1v) is 9.53. The summed E-state index contributed by atoms with van der Waals surface area (Å²) in [5, 5.41) is 4.55. The van der Waals surface area contributed by atoms with Crippen molar-refractivity contribution >= 4 is 5.91 Å². The van der Waals surface area contributed by atoms with Crippen LogP contribution in [0.5, 0.6) is 0 Å². The molecule has 0 aliphatic heterocycles. The summed E-state index contributed by atoms with van der Waals surface area (Å²) in [7, 11) is 1.97. The number of carbonyl (C=O) groups excluding carboxylic acids is 1. The Morgan fingerprint density at radius 1 is 1.25 bits per heavy atom. The van der Waals surface area contributed by atoms with E-state index in [1.807, 2.05) is 28.9 Å². The van der Waals surface area contributed by atoms with E-state index < -0.39 is 0 Å². The fourth-order valence-corrected chi connectivity index (χ4v) is 7.07. The molecule has 4 aliphatic rings. The smallest absolute Gasteiger partial charge is 0.228 e. The number of hydrogen-bond donors (Lipinski definition) is 0. The molecule has 0 radical (unpaired) electrons. The molecular weight excluding hydrogens is 298 g/mol. The van der Waals surface area contributed by atoms with Crippen LogP contribution in [-0.2, 0) is 17.9 Å². The van der Waals surface area contributed by atoms with Crippen molar-refractivity contribution in [2.45, 2.75) is 72.4 Å². The first kappa shape index (κ1) is 16.2. The van der Waals surface area contributed by atoms with Crippen LogP contribution in [0.15, 0.2) is 12.3 Å². The molecule has 4 heteroatoms. The van der Waals surface area contributed by atoms with Crippen molar-refractivity contribution in [3.05, 3.63) is 18.0 Å². The Morgan fingerprint density at radius 3 is 2.46 bits per heavy atom. The second kappa shape index (κ2) is 5.09. The van der Waals surface area contributed by atoms with Crippen LogP contribution in [0.1, 0.15) is 65.0 Å².